The van der Waals surface area contributed by atoms with Gasteiger partial charge in [0.2, 0.25) is 0 Å². The van der Waals surface area contributed by atoms with Gasteiger partial charge in [0, 0.05) is 39.8 Å². The van der Waals surface area contributed by atoms with Gasteiger partial charge in [-0.05, 0) is 171 Å². The lowest BCUT2D eigenvalue weighted by atomic mass is 9.80. The number of phenolic OH excluding ortho intramolecular Hbond substituents is 2. The van der Waals surface area contributed by atoms with E-state index in [4.69, 9.17) is 9.47 Å². The summed E-state index contributed by atoms with van der Waals surface area (Å²) in [5.74, 6) is 3.47. The molecule has 0 spiro atoms. The van der Waals surface area contributed by atoms with Crippen molar-refractivity contribution in [3.05, 3.63) is 177 Å². The Kier molecular flexibility index (Phi) is 16.4. The number of ether oxygens (including phenoxy) is 2. The first-order valence-corrected chi connectivity index (χ1v) is 25.9. The highest BCUT2D eigenvalue weighted by atomic mass is 16.5. The Morgan fingerprint density at radius 1 is 0.386 bits per heavy atom. The number of aromatic hydroxyl groups is 2. The maximum Gasteiger partial charge on any atom is 0.135 e. The summed E-state index contributed by atoms with van der Waals surface area (Å²) in [5, 5.41) is 26.2. The minimum absolute atomic E-state index is 0.217. The van der Waals surface area contributed by atoms with Crippen LogP contribution in [0.4, 0.5) is 0 Å². The van der Waals surface area contributed by atoms with Gasteiger partial charge in [-0.3, -0.25) is 0 Å². The molecule has 0 bridgehead atoms. The van der Waals surface area contributed by atoms with Crippen molar-refractivity contribution >= 4 is 0 Å². The predicted molar refractivity (Wildman–Crippen MR) is 297 cm³/mol. The molecule has 0 aliphatic rings. The zero-order valence-corrected chi connectivity index (χ0v) is 44.6. The summed E-state index contributed by atoms with van der Waals surface area (Å²) in [5.41, 5.74) is 18.6. The molecule has 0 saturated heterocycles. The normalized spacial score (nSPS) is 11.8. The Morgan fingerprint density at radius 3 is 1.14 bits per heavy atom. The maximum atomic E-state index is 13.1. The molecule has 0 amide bonds. The van der Waals surface area contributed by atoms with Crippen molar-refractivity contribution in [3.63, 3.8) is 0 Å². The summed E-state index contributed by atoms with van der Waals surface area (Å²) in [7, 11) is 0. The first kappa shape index (κ1) is 51.6. The van der Waals surface area contributed by atoms with E-state index in [0.29, 0.717) is 54.8 Å². The Bertz CT molecular complexity index is 2710. The molecule has 7 rings (SSSR count). The van der Waals surface area contributed by atoms with Gasteiger partial charge in [0.25, 0.3) is 0 Å². The molecular weight excluding hydrogens is 857 g/mol. The van der Waals surface area contributed by atoms with E-state index in [9.17, 15) is 10.2 Å². The second kappa shape index (κ2) is 22.2. The first-order valence-electron chi connectivity index (χ1n) is 25.9. The van der Waals surface area contributed by atoms with Crippen molar-refractivity contribution < 1.29 is 19.7 Å². The molecule has 0 unspecified atom stereocenters. The molecule has 4 heteroatoms. The molecule has 0 atom stereocenters. The Hall–Kier alpha value is -6.26. The first-order chi connectivity index (χ1) is 33.3. The average molecular weight is 935 g/mol. The molecule has 0 heterocycles. The van der Waals surface area contributed by atoms with E-state index in [-0.39, 0.29) is 35.2 Å². The third-order valence-corrected chi connectivity index (χ3v) is 13.8. The van der Waals surface area contributed by atoms with Crippen molar-refractivity contribution in [2.75, 3.05) is 13.2 Å². The molecule has 7 aromatic rings. The predicted octanol–water partition coefficient (Wildman–Crippen LogP) is 18.6. The number of rotatable bonds is 18. The van der Waals surface area contributed by atoms with Crippen LogP contribution >= 0.6 is 0 Å². The highest BCUT2D eigenvalue weighted by Crippen LogP contribution is 2.53. The molecule has 0 aliphatic carbocycles. The van der Waals surface area contributed by atoms with Crippen molar-refractivity contribution in [3.8, 4) is 67.5 Å². The Morgan fingerprint density at radius 2 is 0.757 bits per heavy atom. The highest BCUT2D eigenvalue weighted by Gasteiger charge is 2.28. The van der Waals surface area contributed by atoms with Gasteiger partial charge < -0.3 is 19.7 Å². The molecule has 0 saturated carbocycles. The quantitative estimate of drug-likeness (QED) is 0.0842. The van der Waals surface area contributed by atoms with Gasteiger partial charge in [0.1, 0.15) is 23.0 Å². The highest BCUT2D eigenvalue weighted by molar-refractivity contribution is 5.94. The van der Waals surface area contributed by atoms with E-state index < -0.39 is 0 Å². The van der Waals surface area contributed by atoms with Crippen molar-refractivity contribution in [1.29, 1.82) is 0 Å². The Labute approximate surface area is 420 Å². The number of para-hydroxylation sites is 1. The van der Waals surface area contributed by atoms with Gasteiger partial charge in [0.15, 0.2) is 0 Å². The number of benzene rings is 7. The van der Waals surface area contributed by atoms with Crippen LogP contribution in [0.2, 0.25) is 0 Å². The minimum atomic E-state index is 0.217. The summed E-state index contributed by atoms with van der Waals surface area (Å²) in [4.78, 5) is 0. The largest absolute Gasteiger partial charge is 0.507 e. The number of aryl methyl sites for hydroxylation is 2. The van der Waals surface area contributed by atoms with Crippen LogP contribution in [-0.4, -0.2) is 23.4 Å². The fourth-order valence-electron chi connectivity index (χ4n) is 10.0. The third kappa shape index (κ3) is 11.3. The van der Waals surface area contributed by atoms with Crippen molar-refractivity contribution in [2.24, 2.45) is 0 Å². The fraction of sp³-hybridized carbons (Fsp3) is 0.364. The van der Waals surface area contributed by atoms with Crippen LogP contribution in [0.25, 0.3) is 44.5 Å². The molecule has 366 valence electrons. The lowest BCUT2D eigenvalue weighted by molar-refractivity contribution is 0.248. The van der Waals surface area contributed by atoms with Crippen molar-refractivity contribution in [2.45, 2.75) is 145 Å². The third-order valence-electron chi connectivity index (χ3n) is 13.8. The van der Waals surface area contributed by atoms with Gasteiger partial charge in [-0.1, -0.05) is 156 Å². The summed E-state index contributed by atoms with van der Waals surface area (Å²) < 4.78 is 13.3. The molecule has 0 radical (unpaired) electrons. The van der Waals surface area contributed by atoms with Crippen LogP contribution in [-0.2, 0) is 6.42 Å². The van der Waals surface area contributed by atoms with Gasteiger partial charge in [-0.15, -0.1) is 0 Å². The van der Waals surface area contributed by atoms with Gasteiger partial charge >= 0.3 is 0 Å². The molecule has 70 heavy (non-hydrogen) atoms. The topological polar surface area (TPSA) is 58.9 Å². The lowest BCUT2D eigenvalue weighted by Crippen LogP contribution is -2.08. The molecule has 0 aromatic heterocycles. The van der Waals surface area contributed by atoms with Gasteiger partial charge in [0.05, 0.1) is 13.2 Å². The van der Waals surface area contributed by atoms with Crippen LogP contribution in [0.3, 0.4) is 0 Å². The summed E-state index contributed by atoms with van der Waals surface area (Å²) >= 11 is 0. The van der Waals surface area contributed by atoms with Gasteiger partial charge in [-0.25, -0.2) is 0 Å². The monoisotopic (exact) mass is 935 g/mol. The number of hydrogen-bond acceptors (Lipinski definition) is 4. The zero-order chi connectivity index (χ0) is 50.6. The smallest absolute Gasteiger partial charge is 0.135 e. The molecule has 2 N–H and O–H groups in total. The summed E-state index contributed by atoms with van der Waals surface area (Å²) in [6, 6.07) is 42.7. The summed E-state index contributed by atoms with van der Waals surface area (Å²) in [6.45, 7) is 32.1. The average Bonchev–Trinajstić information content (AvgIpc) is 3.32. The van der Waals surface area contributed by atoms with Crippen LogP contribution in [0.1, 0.15) is 181 Å². The van der Waals surface area contributed by atoms with Crippen LogP contribution in [0.15, 0.2) is 121 Å². The second-order valence-electron chi connectivity index (χ2n) is 21.5. The SMILES string of the molecule is Cc1cc(-c2cc(Cc3ccccc3)cc(-c3cc(C)cc(-c4c(C(C)C)cc(C(C)C)cc4C(C)C)c3O)c2OCCCOc2ccccc2)c(O)c(-c2c(C(C)C)cc(C(C)C)cc2C(C)C)c1. The fourth-order valence-corrected chi connectivity index (χ4v) is 10.0. The molecule has 0 fully saturated rings. The zero-order valence-electron chi connectivity index (χ0n) is 44.6. The molecular formula is C66H78O4. The van der Waals surface area contributed by atoms with E-state index in [1.165, 1.54) is 33.4 Å². The number of hydrogen-bond donors (Lipinski definition) is 2. The van der Waals surface area contributed by atoms with Gasteiger partial charge in [-0.2, -0.15) is 0 Å². The number of phenols is 2. The molecule has 0 aliphatic heterocycles. The van der Waals surface area contributed by atoms with E-state index in [0.717, 1.165) is 61.4 Å². The lowest BCUT2D eigenvalue weighted by Gasteiger charge is -2.26. The maximum absolute atomic E-state index is 13.1. The van der Waals surface area contributed by atoms with E-state index in [1.54, 1.807) is 0 Å². The Balaban J connectivity index is 1.54. The van der Waals surface area contributed by atoms with Crippen LogP contribution in [0.5, 0.6) is 23.0 Å². The second-order valence-corrected chi connectivity index (χ2v) is 21.5. The van der Waals surface area contributed by atoms with Crippen LogP contribution < -0.4 is 9.47 Å². The van der Waals surface area contributed by atoms with E-state index in [2.05, 4.69) is 182 Å². The molecule has 4 nitrogen and oxygen atoms in total. The summed E-state index contributed by atoms with van der Waals surface area (Å²) in [6.07, 6.45) is 1.26. The van der Waals surface area contributed by atoms with Crippen molar-refractivity contribution in [1.82, 2.24) is 0 Å². The minimum Gasteiger partial charge on any atom is -0.507 e. The van der Waals surface area contributed by atoms with E-state index in [1.807, 2.05) is 36.4 Å². The van der Waals surface area contributed by atoms with E-state index >= 15 is 0 Å². The molecule has 7 aromatic carbocycles. The standard InChI is InChI=1S/C66H78O4/c1-39(2)49-35-52(41(5)6)62(53(36-49)42(7)8)60-30-45(13)28-56(64(60)67)58-33-48(32-47-22-17-15-18-23-47)34-59(66(58)70-27-21-26-69-51-24-19-16-20-25-51)57-29-46(14)31-61(65(57)68)63-54(43(9)10)37-50(40(3)4)38-55(63)44(11)12/h15-20,22-25,28-31,33-44,67-68H,21,26-27,32H2,1-14H3. The van der Waals surface area contributed by atoms with Crippen LogP contribution in [0, 0.1) is 13.8 Å².